The van der Waals surface area contributed by atoms with Gasteiger partial charge < -0.3 is 10.1 Å². The van der Waals surface area contributed by atoms with Crippen LogP contribution in [0.1, 0.15) is 12.8 Å². The summed E-state index contributed by atoms with van der Waals surface area (Å²) in [5, 5.41) is 2.92. The number of sulfone groups is 1. The van der Waals surface area contributed by atoms with Crippen molar-refractivity contribution in [2.45, 2.75) is 22.6 Å². The summed E-state index contributed by atoms with van der Waals surface area (Å²) in [5.41, 5.74) is 0.544. The van der Waals surface area contributed by atoms with Gasteiger partial charge in [-0.05, 0) is 61.4 Å². The van der Waals surface area contributed by atoms with E-state index in [0.717, 1.165) is 6.26 Å². The molecule has 0 unspecified atom stereocenters. The van der Waals surface area contributed by atoms with Gasteiger partial charge in [0.25, 0.3) is 0 Å². The number of ether oxygens (including phenoxy) is 1. The van der Waals surface area contributed by atoms with E-state index in [9.17, 15) is 21.6 Å². The summed E-state index contributed by atoms with van der Waals surface area (Å²) >= 11 is 0. The first kappa shape index (κ1) is 24.9. The molecule has 184 valence electrons. The summed E-state index contributed by atoms with van der Waals surface area (Å²) in [6.45, 7) is 0.382. The zero-order chi connectivity index (χ0) is 25.1. The Kier molecular flexibility index (Phi) is 7.25. The van der Waals surface area contributed by atoms with Crippen molar-refractivity contribution in [2.75, 3.05) is 24.7 Å². The van der Waals surface area contributed by atoms with Crippen LogP contribution < -0.4 is 10.1 Å². The molecule has 3 aromatic carbocycles. The fourth-order valence-electron chi connectivity index (χ4n) is 3.88. The van der Waals surface area contributed by atoms with Gasteiger partial charge in [-0.1, -0.05) is 30.3 Å². The molecule has 0 aliphatic carbocycles. The predicted octanol–water partition coefficient (Wildman–Crippen LogP) is 3.92. The highest BCUT2D eigenvalue weighted by molar-refractivity contribution is 7.90. The molecule has 1 aliphatic rings. The van der Waals surface area contributed by atoms with Crippen LogP contribution in [0.25, 0.3) is 0 Å². The Bertz CT molecular complexity index is 1400. The molecule has 1 saturated heterocycles. The van der Waals surface area contributed by atoms with Crippen LogP contribution in [0.5, 0.6) is 11.5 Å². The Morgan fingerprint density at radius 2 is 1.40 bits per heavy atom. The summed E-state index contributed by atoms with van der Waals surface area (Å²) < 4.78 is 56.5. The topological polar surface area (TPSA) is 110 Å². The van der Waals surface area contributed by atoms with Crippen molar-refractivity contribution in [3.05, 3.63) is 78.9 Å². The van der Waals surface area contributed by atoms with Gasteiger partial charge in [-0.25, -0.2) is 16.8 Å². The highest BCUT2D eigenvalue weighted by Crippen LogP contribution is 2.31. The molecule has 0 spiro atoms. The molecule has 3 aromatic rings. The lowest BCUT2D eigenvalue weighted by Crippen LogP contribution is -2.41. The first-order chi connectivity index (χ1) is 16.6. The van der Waals surface area contributed by atoms with Crippen LogP contribution in [-0.2, 0) is 24.7 Å². The third-order valence-corrected chi connectivity index (χ3v) is 8.87. The van der Waals surface area contributed by atoms with E-state index in [1.165, 1.54) is 28.6 Å². The van der Waals surface area contributed by atoms with Crippen molar-refractivity contribution in [1.29, 1.82) is 0 Å². The van der Waals surface area contributed by atoms with Gasteiger partial charge in [-0.15, -0.1) is 0 Å². The summed E-state index contributed by atoms with van der Waals surface area (Å²) in [7, 11) is -7.20. The van der Waals surface area contributed by atoms with Gasteiger partial charge in [0.15, 0.2) is 15.6 Å². The first-order valence-electron chi connectivity index (χ1n) is 11.1. The maximum Gasteiger partial charge on any atom is 0.243 e. The average Bonchev–Trinajstić information content (AvgIpc) is 2.85. The monoisotopic (exact) mass is 514 g/mol. The smallest absolute Gasteiger partial charge is 0.243 e. The number of carbonyl (C=O) groups excluding carboxylic acids is 1. The van der Waals surface area contributed by atoms with E-state index < -0.39 is 19.9 Å². The second kappa shape index (κ2) is 10.2. The van der Waals surface area contributed by atoms with Crippen molar-refractivity contribution < 1.29 is 26.4 Å². The fourth-order valence-corrected chi connectivity index (χ4v) is 5.98. The molecule has 0 aromatic heterocycles. The van der Waals surface area contributed by atoms with E-state index in [2.05, 4.69) is 5.32 Å². The van der Waals surface area contributed by atoms with Crippen LogP contribution in [-0.4, -0.2) is 46.4 Å². The molecule has 4 rings (SSSR count). The number of para-hydroxylation sites is 3. The Morgan fingerprint density at radius 1 is 0.829 bits per heavy atom. The maximum atomic E-state index is 13.0. The third kappa shape index (κ3) is 5.90. The summed E-state index contributed by atoms with van der Waals surface area (Å²) in [6.07, 6.45) is 1.81. The standard InChI is InChI=1S/C25H26N2O6S2/c1-34(29,30)21-11-13-22(14-12-21)35(31,32)27-17-15-19(16-18-27)25(28)26-23-9-5-6-10-24(23)33-20-7-3-2-4-8-20/h2-14,19H,15-18H2,1H3,(H,26,28). The van der Waals surface area contributed by atoms with Crippen molar-refractivity contribution in [1.82, 2.24) is 4.31 Å². The number of amides is 1. The molecule has 1 N–H and O–H groups in total. The van der Waals surface area contributed by atoms with Crippen molar-refractivity contribution >= 4 is 31.5 Å². The number of nitrogens with one attached hydrogen (secondary N) is 1. The molecule has 1 heterocycles. The molecule has 8 nitrogen and oxygen atoms in total. The number of rotatable bonds is 7. The highest BCUT2D eigenvalue weighted by atomic mass is 32.2. The van der Waals surface area contributed by atoms with Crippen LogP contribution in [0.15, 0.2) is 88.7 Å². The van der Waals surface area contributed by atoms with Gasteiger partial charge in [0.1, 0.15) is 5.75 Å². The molecule has 10 heteroatoms. The fraction of sp³-hybridized carbons (Fsp3) is 0.240. The number of piperidine rings is 1. The van der Waals surface area contributed by atoms with Gasteiger partial charge >= 0.3 is 0 Å². The number of hydrogen-bond donors (Lipinski definition) is 1. The van der Waals surface area contributed by atoms with Crippen LogP contribution >= 0.6 is 0 Å². The maximum absolute atomic E-state index is 13.0. The van der Waals surface area contributed by atoms with Crippen LogP contribution in [0.4, 0.5) is 5.69 Å². The van der Waals surface area contributed by atoms with E-state index in [-0.39, 0.29) is 34.7 Å². The molecule has 1 fully saturated rings. The molecule has 1 amide bonds. The largest absolute Gasteiger partial charge is 0.455 e. The van der Waals surface area contributed by atoms with Gasteiger partial charge in [0, 0.05) is 25.3 Å². The van der Waals surface area contributed by atoms with E-state index >= 15 is 0 Å². The molecule has 1 aliphatic heterocycles. The lowest BCUT2D eigenvalue weighted by Gasteiger charge is -2.30. The SMILES string of the molecule is CS(=O)(=O)c1ccc(S(=O)(=O)N2CCC(C(=O)Nc3ccccc3Oc3ccccc3)CC2)cc1. The van der Waals surface area contributed by atoms with E-state index in [4.69, 9.17) is 4.74 Å². The summed E-state index contributed by atoms with van der Waals surface area (Å²) in [4.78, 5) is 13.0. The van der Waals surface area contributed by atoms with Crippen LogP contribution in [0.2, 0.25) is 0 Å². The molecular weight excluding hydrogens is 488 g/mol. The quantitative estimate of drug-likeness (QED) is 0.512. The number of carbonyl (C=O) groups is 1. The lowest BCUT2D eigenvalue weighted by atomic mass is 9.97. The highest BCUT2D eigenvalue weighted by Gasteiger charge is 2.32. The Morgan fingerprint density at radius 3 is 2.03 bits per heavy atom. The van der Waals surface area contributed by atoms with Gasteiger partial charge in [0.05, 0.1) is 15.5 Å². The molecule has 0 radical (unpaired) electrons. The minimum atomic E-state index is -3.79. The van der Waals surface area contributed by atoms with Gasteiger partial charge in [0.2, 0.25) is 15.9 Å². The molecule has 35 heavy (non-hydrogen) atoms. The average molecular weight is 515 g/mol. The van der Waals surface area contributed by atoms with Crippen LogP contribution in [0, 0.1) is 5.92 Å². The lowest BCUT2D eigenvalue weighted by molar-refractivity contribution is -0.120. The van der Waals surface area contributed by atoms with Crippen LogP contribution in [0.3, 0.4) is 0 Å². The molecular formula is C25H26N2O6S2. The first-order valence-corrected chi connectivity index (χ1v) is 14.4. The molecule has 0 atom stereocenters. The zero-order valence-electron chi connectivity index (χ0n) is 19.1. The number of sulfonamides is 1. The van der Waals surface area contributed by atoms with Crippen molar-refractivity contribution in [3.63, 3.8) is 0 Å². The van der Waals surface area contributed by atoms with Crippen molar-refractivity contribution in [2.24, 2.45) is 5.92 Å². The van der Waals surface area contributed by atoms with E-state index in [1.54, 1.807) is 18.2 Å². The van der Waals surface area contributed by atoms with Gasteiger partial charge in [-0.2, -0.15) is 4.31 Å². The van der Waals surface area contributed by atoms with Gasteiger partial charge in [-0.3, -0.25) is 4.79 Å². The number of nitrogens with zero attached hydrogens (tertiary/aromatic N) is 1. The van der Waals surface area contributed by atoms with E-state index in [0.29, 0.717) is 30.0 Å². The summed E-state index contributed by atoms with van der Waals surface area (Å²) in [6, 6.07) is 21.6. The minimum absolute atomic E-state index is 0.0276. The second-order valence-electron chi connectivity index (χ2n) is 8.32. The molecule has 0 saturated carbocycles. The predicted molar refractivity (Wildman–Crippen MR) is 133 cm³/mol. The minimum Gasteiger partial charge on any atom is -0.455 e. The number of benzene rings is 3. The number of anilines is 1. The second-order valence-corrected chi connectivity index (χ2v) is 12.3. The Hall–Kier alpha value is -3.21. The van der Waals surface area contributed by atoms with Crippen molar-refractivity contribution in [3.8, 4) is 11.5 Å². The summed E-state index contributed by atoms with van der Waals surface area (Å²) in [5.74, 6) is 0.629. The normalized spacial score (nSPS) is 15.5. The third-order valence-electron chi connectivity index (χ3n) is 5.83. The zero-order valence-corrected chi connectivity index (χ0v) is 20.8. The van der Waals surface area contributed by atoms with E-state index in [1.807, 2.05) is 36.4 Å². The number of hydrogen-bond acceptors (Lipinski definition) is 6. The Balaban J connectivity index is 1.39. The Labute approximate surface area is 205 Å². The molecule has 0 bridgehead atoms.